The van der Waals surface area contributed by atoms with Crippen LogP contribution in [0.25, 0.3) is 10.9 Å². The molecule has 0 fully saturated rings. The van der Waals surface area contributed by atoms with Crippen LogP contribution in [0.1, 0.15) is 6.42 Å². The van der Waals surface area contributed by atoms with Gasteiger partial charge in [0.2, 0.25) is 0 Å². The summed E-state index contributed by atoms with van der Waals surface area (Å²) in [4.78, 5) is 11.8. The molecular formula is C13H14FNO4S. The van der Waals surface area contributed by atoms with Gasteiger partial charge in [0.05, 0.1) is 18.4 Å². The van der Waals surface area contributed by atoms with Gasteiger partial charge in [-0.1, -0.05) is 0 Å². The molecule has 0 atom stereocenters. The monoisotopic (exact) mass is 299 g/mol. The number of pyridine rings is 1. The van der Waals surface area contributed by atoms with Crippen LogP contribution in [0, 0.1) is 5.82 Å². The third-order valence-corrected chi connectivity index (χ3v) is 3.37. The van der Waals surface area contributed by atoms with E-state index in [-0.39, 0.29) is 18.7 Å². The van der Waals surface area contributed by atoms with Crippen LogP contribution in [0.2, 0.25) is 0 Å². The molecule has 7 heteroatoms. The fourth-order valence-electron chi connectivity index (χ4n) is 1.92. The highest BCUT2D eigenvalue weighted by molar-refractivity contribution is 7.85. The van der Waals surface area contributed by atoms with Gasteiger partial charge in [0.25, 0.3) is 15.7 Å². The van der Waals surface area contributed by atoms with Crippen LogP contribution in [-0.2, 0) is 20.8 Å². The lowest BCUT2D eigenvalue weighted by atomic mass is 10.2. The van der Waals surface area contributed by atoms with Crippen LogP contribution in [-0.4, -0.2) is 25.8 Å². The van der Waals surface area contributed by atoms with Crippen LogP contribution in [0.3, 0.4) is 0 Å². The molecule has 0 saturated carbocycles. The molecule has 0 unspecified atom stereocenters. The zero-order valence-electron chi connectivity index (χ0n) is 10.9. The van der Waals surface area contributed by atoms with E-state index < -0.39 is 15.9 Å². The van der Waals surface area contributed by atoms with Crippen molar-refractivity contribution in [2.24, 2.45) is 0 Å². The highest BCUT2D eigenvalue weighted by Gasteiger charge is 2.06. The van der Waals surface area contributed by atoms with Crippen molar-refractivity contribution in [2.45, 2.75) is 13.0 Å². The minimum Gasteiger partial charge on any atom is -0.308 e. The predicted octanol–water partition coefficient (Wildman–Crippen LogP) is 1.51. The number of fused-ring (bicyclic) bond motifs is 1. The standard InChI is InChI=1S/C13H14FNO4S/c1-20(17,18)19-8-2-7-15-12-9-11(14)5-3-10(12)4-6-13(15)16/h3-6,9H,2,7-8H2,1H3. The number of nitrogens with zero attached hydrogens (tertiary/aromatic N) is 1. The van der Waals surface area contributed by atoms with E-state index in [1.807, 2.05) is 0 Å². The number of benzene rings is 1. The Hall–Kier alpha value is -1.73. The van der Waals surface area contributed by atoms with Crippen molar-refractivity contribution >= 4 is 21.0 Å². The summed E-state index contributed by atoms with van der Waals surface area (Å²) in [5.74, 6) is -0.427. The van der Waals surface area contributed by atoms with Crippen molar-refractivity contribution in [2.75, 3.05) is 12.9 Å². The topological polar surface area (TPSA) is 65.4 Å². The third-order valence-electron chi connectivity index (χ3n) is 2.78. The summed E-state index contributed by atoms with van der Waals surface area (Å²) in [5.41, 5.74) is 0.222. The maximum atomic E-state index is 13.3. The Morgan fingerprint density at radius 1 is 1.25 bits per heavy atom. The fourth-order valence-corrected chi connectivity index (χ4v) is 2.35. The largest absolute Gasteiger partial charge is 0.308 e. The first kappa shape index (κ1) is 14.7. The van der Waals surface area contributed by atoms with Crippen molar-refractivity contribution in [3.05, 3.63) is 46.5 Å². The van der Waals surface area contributed by atoms with Gasteiger partial charge in [-0.15, -0.1) is 0 Å². The van der Waals surface area contributed by atoms with Gasteiger partial charge in [-0.05, 0) is 36.1 Å². The summed E-state index contributed by atoms with van der Waals surface area (Å²) < 4.78 is 40.9. The Morgan fingerprint density at radius 3 is 2.65 bits per heavy atom. The van der Waals surface area contributed by atoms with Gasteiger partial charge < -0.3 is 4.57 Å². The van der Waals surface area contributed by atoms with Crippen molar-refractivity contribution in [3.8, 4) is 0 Å². The van der Waals surface area contributed by atoms with Gasteiger partial charge in [0.1, 0.15) is 5.82 Å². The molecule has 0 aliphatic carbocycles. The van der Waals surface area contributed by atoms with Crippen molar-refractivity contribution in [1.29, 1.82) is 0 Å². The summed E-state index contributed by atoms with van der Waals surface area (Å²) in [6.45, 7) is 0.242. The summed E-state index contributed by atoms with van der Waals surface area (Å²) >= 11 is 0. The van der Waals surface area contributed by atoms with E-state index in [9.17, 15) is 17.6 Å². The van der Waals surface area contributed by atoms with E-state index in [4.69, 9.17) is 0 Å². The Balaban J connectivity index is 2.22. The normalized spacial score (nSPS) is 11.9. The zero-order valence-corrected chi connectivity index (χ0v) is 11.7. The van der Waals surface area contributed by atoms with Crippen LogP contribution < -0.4 is 5.56 Å². The molecule has 1 aromatic carbocycles. The second-order valence-corrected chi connectivity index (χ2v) is 6.05. The number of aromatic nitrogens is 1. The SMILES string of the molecule is CS(=O)(=O)OCCCn1c(=O)ccc2ccc(F)cc21. The lowest BCUT2D eigenvalue weighted by Crippen LogP contribution is -2.20. The molecule has 0 aliphatic heterocycles. The maximum Gasteiger partial charge on any atom is 0.264 e. The second-order valence-electron chi connectivity index (χ2n) is 4.41. The molecule has 5 nitrogen and oxygen atoms in total. The number of hydrogen-bond donors (Lipinski definition) is 0. The molecule has 0 spiro atoms. The fraction of sp³-hybridized carbons (Fsp3) is 0.308. The summed E-state index contributed by atoms with van der Waals surface area (Å²) in [6, 6.07) is 7.23. The lowest BCUT2D eigenvalue weighted by molar-refractivity contribution is 0.307. The van der Waals surface area contributed by atoms with Gasteiger partial charge >= 0.3 is 0 Å². The minimum atomic E-state index is -3.49. The Bertz CT molecular complexity index is 783. The Morgan fingerprint density at radius 2 is 1.95 bits per heavy atom. The van der Waals surface area contributed by atoms with Gasteiger partial charge in [0, 0.05) is 12.6 Å². The van der Waals surface area contributed by atoms with Gasteiger partial charge in [0.15, 0.2) is 0 Å². The van der Waals surface area contributed by atoms with Gasteiger partial charge in [-0.2, -0.15) is 8.42 Å². The first-order chi connectivity index (χ1) is 9.37. The molecule has 1 aromatic heterocycles. The third kappa shape index (κ3) is 3.64. The molecule has 0 amide bonds. The molecule has 1 heterocycles. The van der Waals surface area contributed by atoms with Crippen LogP contribution in [0.5, 0.6) is 0 Å². The van der Waals surface area contributed by atoms with Crippen LogP contribution in [0.15, 0.2) is 35.1 Å². The minimum absolute atomic E-state index is 0.0169. The number of hydrogen-bond acceptors (Lipinski definition) is 4. The van der Waals surface area contributed by atoms with Crippen molar-refractivity contribution < 1.29 is 17.0 Å². The first-order valence-corrected chi connectivity index (χ1v) is 7.82. The van der Waals surface area contributed by atoms with E-state index >= 15 is 0 Å². The van der Waals surface area contributed by atoms with E-state index in [0.717, 1.165) is 11.6 Å². The van der Waals surface area contributed by atoms with Crippen LogP contribution >= 0.6 is 0 Å². The highest BCUT2D eigenvalue weighted by Crippen LogP contribution is 2.13. The average molecular weight is 299 g/mol. The molecule has 0 aliphatic rings. The molecule has 2 rings (SSSR count). The average Bonchev–Trinajstić information content (AvgIpc) is 2.35. The van der Waals surface area contributed by atoms with Crippen LogP contribution in [0.4, 0.5) is 4.39 Å². The number of aryl methyl sites for hydroxylation is 1. The Labute approximate surface area is 115 Å². The zero-order chi connectivity index (χ0) is 14.8. The van der Waals surface area contributed by atoms with E-state index in [0.29, 0.717) is 11.9 Å². The maximum absolute atomic E-state index is 13.3. The van der Waals surface area contributed by atoms with E-state index in [2.05, 4.69) is 4.18 Å². The summed E-state index contributed by atoms with van der Waals surface area (Å²) in [7, 11) is -3.49. The van der Waals surface area contributed by atoms with E-state index in [1.165, 1.54) is 22.8 Å². The summed E-state index contributed by atoms with van der Waals surface area (Å²) in [6.07, 6.45) is 1.30. The highest BCUT2D eigenvalue weighted by atomic mass is 32.2. The summed E-state index contributed by atoms with van der Waals surface area (Å²) in [5, 5.41) is 0.745. The lowest BCUT2D eigenvalue weighted by Gasteiger charge is -2.10. The smallest absolute Gasteiger partial charge is 0.264 e. The number of halogens is 1. The molecule has 20 heavy (non-hydrogen) atoms. The van der Waals surface area contributed by atoms with Crippen molar-refractivity contribution in [3.63, 3.8) is 0 Å². The molecule has 0 bridgehead atoms. The molecule has 2 aromatic rings. The first-order valence-electron chi connectivity index (χ1n) is 6.00. The molecule has 0 radical (unpaired) electrons. The second kappa shape index (κ2) is 5.72. The molecule has 108 valence electrons. The van der Waals surface area contributed by atoms with Gasteiger partial charge in [-0.25, -0.2) is 4.39 Å². The molecule has 0 saturated heterocycles. The van der Waals surface area contributed by atoms with Crippen molar-refractivity contribution in [1.82, 2.24) is 4.57 Å². The number of rotatable bonds is 5. The predicted molar refractivity (Wildman–Crippen MR) is 73.6 cm³/mol. The molecule has 0 N–H and O–H groups in total. The molecular weight excluding hydrogens is 285 g/mol. The van der Waals surface area contributed by atoms with E-state index in [1.54, 1.807) is 12.1 Å². The van der Waals surface area contributed by atoms with Gasteiger partial charge in [-0.3, -0.25) is 8.98 Å². The Kier molecular flexibility index (Phi) is 4.20. The quantitative estimate of drug-likeness (QED) is 0.620.